The Labute approximate surface area is 405 Å². The van der Waals surface area contributed by atoms with E-state index in [0.717, 1.165) is 67.1 Å². The van der Waals surface area contributed by atoms with E-state index in [9.17, 15) is 0 Å². The van der Waals surface area contributed by atoms with Gasteiger partial charge in [0, 0.05) is 36.9 Å². The van der Waals surface area contributed by atoms with Gasteiger partial charge >= 0.3 is 147 Å². The number of nitrogens with zero attached hydrogens (tertiary/aromatic N) is 5. The van der Waals surface area contributed by atoms with E-state index in [1.54, 1.807) is 0 Å². The molecule has 0 atom stereocenters. The largest absolute Gasteiger partial charge is 0.486 e. The van der Waals surface area contributed by atoms with E-state index in [1.165, 1.54) is 43.5 Å². The quantitative estimate of drug-likeness (QED) is 0.112. The van der Waals surface area contributed by atoms with E-state index >= 15 is 0 Å². The molecule has 66 heavy (non-hydrogen) atoms. The molecule has 0 saturated carbocycles. The monoisotopic (exact) mass is 1100 g/mol. The molecule has 1 radical (unpaired) electrons. The Bertz CT molecular complexity index is 3300. The number of aromatic nitrogens is 5. The van der Waals surface area contributed by atoms with Gasteiger partial charge in [-0.05, 0) is 77.4 Å². The van der Waals surface area contributed by atoms with Crippen molar-refractivity contribution in [2.75, 3.05) is 0 Å². The van der Waals surface area contributed by atoms with Crippen molar-refractivity contribution in [1.82, 2.24) is 24.5 Å². The van der Waals surface area contributed by atoms with E-state index in [4.69, 9.17) is 14.4 Å². The first-order valence-corrected chi connectivity index (χ1v) is 29.9. The van der Waals surface area contributed by atoms with Gasteiger partial charge in [-0.3, -0.25) is 4.98 Å². The number of benzene rings is 5. The van der Waals surface area contributed by atoms with Crippen LogP contribution < -0.4 is 4.40 Å². The van der Waals surface area contributed by atoms with Crippen LogP contribution >= 0.6 is 0 Å². The molecule has 10 rings (SSSR count). The topological polar surface area (TPSA) is 69.6 Å². The van der Waals surface area contributed by atoms with Gasteiger partial charge in [0.2, 0.25) is 5.71 Å². The minimum absolute atomic E-state index is 0. The van der Waals surface area contributed by atoms with Gasteiger partial charge in [-0.1, -0.05) is 81.1 Å². The maximum atomic E-state index is 6.44. The molecule has 0 bridgehead atoms. The number of pyridine rings is 3. The summed E-state index contributed by atoms with van der Waals surface area (Å²) in [5.41, 5.74) is 18.1. The van der Waals surface area contributed by atoms with Crippen LogP contribution in [-0.2, 0) is 20.1 Å². The summed E-state index contributed by atoms with van der Waals surface area (Å²) in [6, 6.07) is 53.3. The third kappa shape index (κ3) is 9.22. The summed E-state index contributed by atoms with van der Waals surface area (Å²) >= 11 is -2.05. The maximum Gasteiger partial charge on any atom is 0.216 e. The molecular weight excluding hydrogens is 1050 g/mol. The van der Waals surface area contributed by atoms with Crippen LogP contribution in [0.4, 0.5) is 0 Å². The predicted molar refractivity (Wildman–Crippen MR) is 273 cm³/mol. The number of hydrogen-bond acceptors (Lipinski definition) is 5. The molecule has 10 aromatic rings. The van der Waals surface area contributed by atoms with E-state index in [-0.39, 0.29) is 20.1 Å². The molecule has 0 amide bonds. The fourth-order valence-corrected chi connectivity index (χ4v) is 12.0. The number of furan rings is 1. The number of hydrogen-bond donors (Lipinski definition) is 0. The van der Waals surface area contributed by atoms with E-state index < -0.39 is 13.3 Å². The van der Waals surface area contributed by atoms with E-state index in [2.05, 4.69) is 189 Å². The van der Waals surface area contributed by atoms with Gasteiger partial charge in [0.05, 0.1) is 22.4 Å². The number of aryl methyl sites for hydroxylation is 3. The number of fused-ring (bicyclic) bond motifs is 4. The molecule has 0 unspecified atom stereocenters. The van der Waals surface area contributed by atoms with Crippen LogP contribution in [0.1, 0.15) is 67.7 Å². The average molecular weight is 1100 g/mol. The molecule has 6 nitrogen and oxygen atoms in total. The normalized spacial score (nSPS) is 11.6. The molecule has 5 aromatic heterocycles. The number of imidazole rings is 1. The fourth-order valence-electron chi connectivity index (χ4n) is 8.90. The van der Waals surface area contributed by atoms with Crippen LogP contribution in [0, 0.1) is 32.9 Å². The predicted octanol–water partition coefficient (Wildman–Crippen LogP) is 14.8. The second-order valence-corrected chi connectivity index (χ2v) is 29.3. The van der Waals surface area contributed by atoms with Crippen molar-refractivity contribution in [3.8, 4) is 50.6 Å². The molecule has 0 aliphatic heterocycles. The van der Waals surface area contributed by atoms with Crippen molar-refractivity contribution in [3.63, 3.8) is 0 Å². The summed E-state index contributed by atoms with van der Waals surface area (Å²) in [6.07, 6.45) is 2.09. The maximum absolute atomic E-state index is 6.44. The molecule has 0 N–H and O–H groups in total. The molecule has 0 fully saturated rings. The Kier molecular flexibility index (Phi) is 13.5. The minimum Gasteiger partial charge on any atom is -0.486 e. The summed E-state index contributed by atoms with van der Waals surface area (Å²) in [5, 5.41) is 2.02. The van der Waals surface area contributed by atoms with Crippen molar-refractivity contribution in [3.05, 3.63) is 180 Å². The molecule has 0 spiro atoms. The minimum atomic E-state index is -2.05. The Morgan fingerprint density at radius 3 is 1.95 bits per heavy atom. The van der Waals surface area contributed by atoms with Gasteiger partial charge in [-0.2, -0.15) is 0 Å². The molecule has 0 aliphatic carbocycles. The summed E-state index contributed by atoms with van der Waals surface area (Å²) in [6.45, 7) is 15.2. The molecule has 8 heteroatoms. The van der Waals surface area contributed by atoms with Crippen LogP contribution in [0.5, 0.6) is 0 Å². The molecule has 0 aliphatic rings. The number of rotatable bonds is 8. The zero-order valence-corrected chi connectivity index (χ0v) is 43.9. The molecule has 5 aromatic carbocycles. The average Bonchev–Trinajstić information content (AvgIpc) is 3.86. The van der Waals surface area contributed by atoms with Crippen LogP contribution in [0.3, 0.4) is 0 Å². The van der Waals surface area contributed by atoms with Gasteiger partial charge in [0.25, 0.3) is 0 Å². The van der Waals surface area contributed by atoms with Gasteiger partial charge in [0.1, 0.15) is 0 Å². The zero-order chi connectivity index (χ0) is 45.6. The third-order valence-electron chi connectivity index (χ3n) is 12.1. The second kappa shape index (κ2) is 19.1. The summed E-state index contributed by atoms with van der Waals surface area (Å²) in [5.74, 6) is 8.64. The molecule has 5 heterocycles. The molecule has 0 saturated heterocycles. The first-order valence-electron chi connectivity index (χ1n) is 22.6. The van der Waals surface area contributed by atoms with Crippen LogP contribution in [0.25, 0.3) is 83.7 Å². The van der Waals surface area contributed by atoms with Crippen molar-refractivity contribution in [1.29, 1.82) is 0 Å². The van der Waals surface area contributed by atoms with Crippen molar-refractivity contribution in [2.45, 2.75) is 77.6 Å². The molecule has 333 valence electrons. The van der Waals surface area contributed by atoms with Gasteiger partial charge in [-0.25, -0.2) is 4.98 Å². The third-order valence-corrected chi connectivity index (χ3v) is 16.3. The summed E-state index contributed by atoms with van der Waals surface area (Å²) in [4.78, 5) is 19.2. The second-order valence-electron chi connectivity index (χ2n) is 18.7. The number of para-hydroxylation sites is 2. The SMILES string of the molecule is Cc1cc(-c2cc(-c3[c-]cccc3)nc[c]2[Ge]([CH3])([CH3])[CH3])cc(C)n1.Cc1ccc2c(n1)oc1c(-c3nc4ccccc4n3-c3c(C(C)C)cc(-c4ccccc4)cc3C(C)C)[c-]ccc12.[Ir]. The van der Waals surface area contributed by atoms with Crippen molar-refractivity contribution < 1.29 is 24.5 Å². The van der Waals surface area contributed by atoms with Crippen LogP contribution in [-0.4, -0.2) is 37.8 Å². The smallest absolute Gasteiger partial charge is 0.216 e. The molecular formula is C58H55GeIrN5O-2. The Hall–Kier alpha value is -5.99. The van der Waals surface area contributed by atoms with Crippen LogP contribution in [0.2, 0.25) is 17.3 Å². The first-order chi connectivity index (χ1) is 31.2. The van der Waals surface area contributed by atoms with Gasteiger partial charge < -0.3 is 8.98 Å². The summed E-state index contributed by atoms with van der Waals surface area (Å²) < 4.78 is 10.2. The van der Waals surface area contributed by atoms with Crippen molar-refractivity contribution >= 4 is 50.8 Å². The van der Waals surface area contributed by atoms with Gasteiger partial charge in [-0.15, -0.1) is 18.2 Å². The van der Waals surface area contributed by atoms with E-state index in [1.807, 2.05) is 43.3 Å². The Balaban J connectivity index is 0.000000203. The Morgan fingerprint density at radius 1 is 0.606 bits per heavy atom. The van der Waals surface area contributed by atoms with Crippen molar-refractivity contribution in [2.24, 2.45) is 0 Å². The Morgan fingerprint density at radius 2 is 1.29 bits per heavy atom. The standard InChI is InChI=1S/C37H32N3O.C21H23GeN2.Ir/c1-22(2)30-20-26(25-12-7-6-8-13-25)21-31(23(3)4)34(30)40-33-17-10-9-16-32(33)39-36(40)29-15-11-14-27-28-19-18-24(5)38-37(28)41-35(27)29;1-15-11-18(12-16(2)24-15)19-13-21(17-9-7-6-8-10-17)23-14-20(19)22(3,4)5;/h6-14,16-23H,1-5H3;6-9,11-14H,1-5H3;/q2*-1;. The first kappa shape index (κ1) is 46.5. The zero-order valence-electron chi connectivity index (χ0n) is 39.4. The van der Waals surface area contributed by atoms with Gasteiger partial charge in [0.15, 0.2) is 0 Å². The summed E-state index contributed by atoms with van der Waals surface area (Å²) in [7, 11) is 0. The van der Waals surface area contributed by atoms with E-state index in [0.29, 0.717) is 17.5 Å². The van der Waals surface area contributed by atoms with Crippen LogP contribution in [0.15, 0.2) is 144 Å². The fraction of sp³-hybridized carbons (Fsp3) is 0.207.